The largest absolute Gasteiger partial charge is 0.293 e. The first kappa shape index (κ1) is 19.3. The van der Waals surface area contributed by atoms with Crippen molar-refractivity contribution in [1.82, 2.24) is 10.3 Å². The quantitative estimate of drug-likeness (QED) is 0.271. The number of fused-ring (bicyclic) bond motifs is 1. The average molecular weight is 399 g/mol. The maximum atomic E-state index is 13.5. The Bertz CT molecular complexity index is 983. The van der Waals surface area contributed by atoms with Crippen LogP contribution in [0.4, 0.5) is 27.6 Å². The van der Waals surface area contributed by atoms with E-state index in [1.54, 1.807) is 29.1 Å². The SMILES string of the molecule is O=C(CN1C(=O)Cc2ccccc2C1=O)NNc1c(F)c(F)c(F)c(F)c1F. The minimum Gasteiger partial charge on any atom is -0.293 e. The zero-order chi connectivity index (χ0) is 20.6. The van der Waals surface area contributed by atoms with Crippen molar-refractivity contribution in [2.24, 2.45) is 0 Å². The summed E-state index contributed by atoms with van der Waals surface area (Å²) in [5.41, 5.74) is 2.49. The van der Waals surface area contributed by atoms with Gasteiger partial charge in [0.15, 0.2) is 23.3 Å². The van der Waals surface area contributed by atoms with Crippen LogP contribution in [0.3, 0.4) is 0 Å². The molecule has 0 unspecified atom stereocenters. The highest BCUT2D eigenvalue weighted by atomic mass is 19.2. The normalized spacial score (nSPS) is 13.4. The second-order valence-electron chi connectivity index (χ2n) is 5.74. The summed E-state index contributed by atoms with van der Waals surface area (Å²) in [6.45, 7) is -0.825. The van der Waals surface area contributed by atoms with Crippen molar-refractivity contribution >= 4 is 23.4 Å². The molecule has 0 bridgehead atoms. The number of halogens is 5. The van der Waals surface area contributed by atoms with Crippen molar-refractivity contribution < 1.29 is 36.3 Å². The number of amides is 3. The number of hydrazine groups is 1. The number of hydrogen-bond donors (Lipinski definition) is 2. The molecule has 2 aromatic carbocycles. The first-order valence-corrected chi connectivity index (χ1v) is 7.71. The lowest BCUT2D eigenvalue weighted by Crippen LogP contribution is -2.48. The van der Waals surface area contributed by atoms with Gasteiger partial charge in [-0.25, -0.2) is 22.0 Å². The summed E-state index contributed by atoms with van der Waals surface area (Å²) in [5, 5.41) is 0. The molecule has 146 valence electrons. The molecule has 0 aromatic heterocycles. The molecule has 0 saturated carbocycles. The molecule has 2 aromatic rings. The van der Waals surface area contributed by atoms with Crippen LogP contribution in [0.1, 0.15) is 15.9 Å². The Balaban J connectivity index is 1.72. The summed E-state index contributed by atoms with van der Waals surface area (Å²) in [7, 11) is 0. The van der Waals surface area contributed by atoms with Gasteiger partial charge in [-0.2, -0.15) is 0 Å². The predicted octanol–water partition coefficient (Wildman–Crippen LogP) is 2.05. The van der Waals surface area contributed by atoms with Gasteiger partial charge in [0.2, 0.25) is 11.7 Å². The van der Waals surface area contributed by atoms with Crippen LogP contribution in [0, 0.1) is 29.1 Å². The topological polar surface area (TPSA) is 78.5 Å². The Hall–Kier alpha value is -3.50. The molecular weight excluding hydrogens is 389 g/mol. The standard InChI is InChI=1S/C17H10F5N3O3/c18-11-12(19)14(21)16(15(22)13(11)20)24-23-9(26)6-25-10(27)5-7-3-1-2-4-8(7)17(25)28/h1-4,24H,5-6H2,(H,23,26). The first-order chi connectivity index (χ1) is 13.2. The third-order valence-electron chi connectivity index (χ3n) is 3.97. The fraction of sp³-hybridized carbons (Fsp3) is 0.118. The van der Waals surface area contributed by atoms with Crippen molar-refractivity contribution in [2.75, 3.05) is 12.0 Å². The molecule has 0 aliphatic carbocycles. The summed E-state index contributed by atoms with van der Waals surface area (Å²) >= 11 is 0. The Morgan fingerprint density at radius 3 is 2.14 bits per heavy atom. The highest BCUT2D eigenvalue weighted by Crippen LogP contribution is 2.26. The van der Waals surface area contributed by atoms with E-state index in [0.717, 1.165) is 0 Å². The van der Waals surface area contributed by atoms with E-state index in [0.29, 0.717) is 10.5 Å². The number of benzene rings is 2. The molecule has 11 heteroatoms. The van der Waals surface area contributed by atoms with Crippen LogP contribution in [0.2, 0.25) is 0 Å². The summed E-state index contributed by atoms with van der Waals surface area (Å²) in [6, 6.07) is 6.24. The van der Waals surface area contributed by atoms with Crippen LogP contribution >= 0.6 is 0 Å². The van der Waals surface area contributed by atoms with Crippen LogP contribution < -0.4 is 10.9 Å². The zero-order valence-corrected chi connectivity index (χ0v) is 13.8. The fourth-order valence-corrected chi connectivity index (χ4v) is 2.59. The molecule has 1 heterocycles. The van der Waals surface area contributed by atoms with Crippen LogP contribution in [0.5, 0.6) is 0 Å². The zero-order valence-electron chi connectivity index (χ0n) is 13.8. The Kier molecular flexibility index (Phi) is 4.99. The molecule has 3 amide bonds. The van der Waals surface area contributed by atoms with Gasteiger partial charge in [-0.3, -0.25) is 30.1 Å². The molecule has 3 rings (SSSR count). The minimum atomic E-state index is -2.35. The third-order valence-corrected chi connectivity index (χ3v) is 3.97. The fourth-order valence-electron chi connectivity index (χ4n) is 2.59. The minimum absolute atomic E-state index is 0.139. The molecule has 6 nitrogen and oxygen atoms in total. The van der Waals surface area contributed by atoms with Gasteiger partial charge in [0.25, 0.3) is 11.8 Å². The summed E-state index contributed by atoms with van der Waals surface area (Å²) < 4.78 is 66.3. The Labute approximate surface area is 153 Å². The van der Waals surface area contributed by atoms with E-state index in [4.69, 9.17) is 0 Å². The van der Waals surface area contributed by atoms with E-state index in [1.165, 1.54) is 6.07 Å². The maximum absolute atomic E-state index is 13.5. The van der Waals surface area contributed by atoms with Gasteiger partial charge in [-0.05, 0) is 11.6 Å². The number of carbonyl (C=O) groups is 3. The van der Waals surface area contributed by atoms with Gasteiger partial charge < -0.3 is 0 Å². The molecule has 0 radical (unpaired) electrons. The van der Waals surface area contributed by atoms with E-state index < -0.39 is 59.0 Å². The van der Waals surface area contributed by atoms with Gasteiger partial charge in [-0.15, -0.1) is 0 Å². The van der Waals surface area contributed by atoms with Crippen molar-refractivity contribution in [3.63, 3.8) is 0 Å². The van der Waals surface area contributed by atoms with Crippen LogP contribution in [0.15, 0.2) is 24.3 Å². The number of anilines is 1. The molecule has 0 atom stereocenters. The van der Waals surface area contributed by atoms with E-state index in [9.17, 15) is 36.3 Å². The molecule has 0 spiro atoms. The summed E-state index contributed by atoms with van der Waals surface area (Å²) in [4.78, 5) is 36.9. The monoisotopic (exact) mass is 399 g/mol. The van der Waals surface area contributed by atoms with Gasteiger partial charge in [0, 0.05) is 5.56 Å². The van der Waals surface area contributed by atoms with E-state index >= 15 is 0 Å². The van der Waals surface area contributed by atoms with E-state index in [-0.39, 0.29) is 12.0 Å². The number of carbonyl (C=O) groups excluding carboxylic acids is 3. The Morgan fingerprint density at radius 1 is 0.929 bits per heavy atom. The molecular formula is C17H10F5N3O3. The van der Waals surface area contributed by atoms with Crippen molar-refractivity contribution in [3.8, 4) is 0 Å². The van der Waals surface area contributed by atoms with E-state index in [2.05, 4.69) is 0 Å². The summed E-state index contributed by atoms with van der Waals surface area (Å²) in [6.07, 6.45) is -0.139. The van der Waals surface area contributed by atoms with Crippen LogP contribution in [-0.4, -0.2) is 29.2 Å². The van der Waals surface area contributed by atoms with Gasteiger partial charge >= 0.3 is 0 Å². The predicted molar refractivity (Wildman–Crippen MR) is 84.2 cm³/mol. The number of nitrogens with zero attached hydrogens (tertiary/aromatic N) is 1. The lowest BCUT2D eigenvalue weighted by atomic mass is 9.98. The molecule has 1 aliphatic heterocycles. The van der Waals surface area contributed by atoms with Gasteiger partial charge in [-0.1, -0.05) is 18.2 Å². The van der Waals surface area contributed by atoms with E-state index in [1.807, 2.05) is 0 Å². The second kappa shape index (κ2) is 7.25. The molecule has 2 N–H and O–H groups in total. The number of nitrogens with one attached hydrogen (secondary N) is 2. The van der Waals surface area contributed by atoms with Crippen LogP contribution in [0.25, 0.3) is 0 Å². The molecule has 0 saturated heterocycles. The van der Waals surface area contributed by atoms with Crippen LogP contribution in [-0.2, 0) is 16.0 Å². The summed E-state index contributed by atoms with van der Waals surface area (Å²) in [5.74, 6) is -13.7. The van der Waals surface area contributed by atoms with Gasteiger partial charge in [0.1, 0.15) is 12.2 Å². The number of rotatable bonds is 4. The van der Waals surface area contributed by atoms with Crippen molar-refractivity contribution in [2.45, 2.75) is 6.42 Å². The number of hydrogen-bond acceptors (Lipinski definition) is 4. The smallest absolute Gasteiger partial charge is 0.261 e. The molecule has 0 fully saturated rings. The highest BCUT2D eigenvalue weighted by molar-refractivity contribution is 6.11. The first-order valence-electron chi connectivity index (χ1n) is 7.71. The maximum Gasteiger partial charge on any atom is 0.261 e. The average Bonchev–Trinajstić information content (AvgIpc) is 2.68. The second-order valence-corrected chi connectivity index (χ2v) is 5.74. The Morgan fingerprint density at radius 2 is 1.50 bits per heavy atom. The third kappa shape index (κ3) is 3.26. The van der Waals surface area contributed by atoms with Crippen molar-refractivity contribution in [3.05, 3.63) is 64.5 Å². The number of imide groups is 1. The van der Waals surface area contributed by atoms with Gasteiger partial charge in [0.05, 0.1) is 6.42 Å². The lowest BCUT2D eigenvalue weighted by molar-refractivity contribution is -0.133. The lowest BCUT2D eigenvalue weighted by Gasteiger charge is -2.26. The van der Waals surface area contributed by atoms with Crippen molar-refractivity contribution in [1.29, 1.82) is 0 Å². The molecule has 28 heavy (non-hydrogen) atoms. The highest BCUT2D eigenvalue weighted by Gasteiger charge is 2.32. The molecule has 1 aliphatic rings.